The van der Waals surface area contributed by atoms with Crippen LogP contribution in [-0.2, 0) is 13.0 Å². The monoisotopic (exact) mass is 478 g/mol. The molecule has 3 aromatic rings. The molecule has 0 aliphatic carbocycles. The maximum absolute atomic E-state index is 13.6. The fourth-order valence-corrected chi connectivity index (χ4v) is 4.67. The number of nitrogens with one attached hydrogen (secondary N) is 1. The van der Waals surface area contributed by atoms with Crippen molar-refractivity contribution in [1.82, 2.24) is 10.2 Å². The fourth-order valence-electron chi connectivity index (χ4n) is 4.54. The molecular formula is C28H31ClN2O3. The molecule has 4 rings (SSSR count). The van der Waals surface area contributed by atoms with Crippen molar-refractivity contribution >= 4 is 17.5 Å². The Bertz CT molecular complexity index is 1070. The minimum atomic E-state index is 0.00859. The minimum Gasteiger partial charge on any atom is -0.497 e. The van der Waals surface area contributed by atoms with Crippen molar-refractivity contribution in [3.8, 4) is 11.5 Å². The second-order valence-corrected chi connectivity index (χ2v) is 9.11. The van der Waals surface area contributed by atoms with E-state index in [9.17, 15) is 4.79 Å². The molecule has 1 aliphatic heterocycles. The van der Waals surface area contributed by atoms with E-state index in [1.54, 1.807) is 32.4 Å². The third-order valence-corrected chi connectivity index (χ3v) is 6.65. The molecule has 0 bridgehead atoms. The molecule has 1 aliphatic rings. The molecule has 0 saturated carbocycles. The topological polar surface area (TPSA) is 50.8 Å². The summed E-state index contributed by atoms with van der Waals surface area (Å²) in [5.41, 5.74) is 3.01. The van der Waals surface area contributed by atoms with Crippen molar-refractivity contribution in [3.63, 3.8) is 0 Å². The van der Waals surface area contributed by atoms with Crippen LogP contribution in [0.3, 0.4) is 0 Å². The van der Waals surface area contributed by atoms with Gasteiger partial charge in [-0.3, -0.25) is 4.79 Å². The van der Waals surface area contributed by atoms with Crippen LogP contribution in [0.1, 0.15) is 34.3 Å². The van der Waals surface area contributed by atoms with Crippen LogP contribution in [0, 0.1) is 0 Å². The van der Waals surface area contributed by atoms with Crippen LogP contribution in [0.5, 0.6) is 11.5 Å². The second kappa shape index (κ2) is 11.4. The first-order valence-electron chi connectivity index (χ1n) is 11.6. The fraction of sp³-hybridized carbons (Fsp3) is 0.321. The molecule has 5 nitrogen and oxygen atoms in total. The SMILES string of the molecule is COc1cc(OC)cc(C(=O)N2CC[C@H](NCc3ccc(Cl)cc3)C[C@@H]2Cc2ccccc2)c1. The summed E-state index contributed by atoms with van der Waals surface area (Å²) in [6.07, 6.45) is 2.59. The summed E-state index contributed by atoms with van der Waals surface area (Å²) in [5, 5.41) is 4.43. The number of carbonyl (C=O) groups is 1. The third-order valence-electron chi connectivity index (χ3n) is 6.40. The van der Waals surface area contributed by atoms with Crippen molar-refractivity contribution in [2.75, 3.05) is 20.8 Å². The highest BCUT2D eigenvalue weighted by atomic mass is 35.5. The summed E-state index contributed by atoms with van der Waals surface area (Å²) < 4.78 is 10.8. The van der Waals surface area contributed by atoms with Crippen molar-refractivity contribution in [2.45, 2.75) is 37.9 Å². The highest BCUT2D eigenvalue weighted by Gasteiger charge is 2.32. The van der Waals surface area contributed by atoms with E-state index in [1.165, 1.54) is 11.1 Å². The number of ether oxygens (including phenoxy) is 2. The summed E-state index contributed by atoms with van der Waals surface area (Å²) in [6.45, 7) is 1.47. The summed E-state index contributed by atoms with van der Waals surface area (Å²) in [5.74, 6) is 1.23. The van der Waals surface area contributed by atoms with Gasteiger partial charge < -0.3 is 19.7 Å². The molecule has 1 saturated heterocycles. The Labute approximate surface area is 206 Å². The number of hydrogen-bond acceptors (Lipinski definition) is 4. The Balaban J connectivity index is 1.51. The largest absolute Gasteiger partial charge is 0.497 e. The lowest BCUT2D eigenvalue weighted by molar-refractivity contribution is 0.0575. The molecule has 34 heavy (non-hydrogen) atoms. The first-order chi connectivity index (χ1) is 16.6. The predicted molar refractivity (Wildman–Crippen MR) is 136 cm³/mol. The van der Waals surface area contributed by atoms with E-state index in [4.69, 9.17) is 21.1 Å². The van der Waals surface area contributed by atoms with Crippen LogP contribution in [0.4, 0.5) is 0 Å². The van der Waals surface area contributed by atoms with E-state index in [0.29, 0.717) is 29.6 Å². The van der Waals surface area contributed by atoms with Crippen LogP contribution < -0.4 is 14.8 Å². The third kappa shape index (κ3) is 6.10. The number of amides is 1. The molecule has 3 aromatic carbocycles. The first kappa shape index (κ1) is 24.1. The van der Waals surface area contributed by atoms with Gasteiger partial charge in [-0.2, -0.15) is 0 Å². The molecule has 1 N–H and O–H groups in total. The number of rotatable bonds is 8. The number of halogens is 1. The zero-order valence-electron chi connectivity index (χ0n) is 19.7. The van der Waals surface area contributed by atoms with Crippen LogP contribution in [0.2, 0.25) is 5.02 Å². The van der Waals surface area contributed by atoms with Gasteiger partial charge in [0.2, 0.25) is 0 Å². The number of likely N-dealkylation sites (tertiary alicyclic amines) is 1. The number of hydrogen-bond donors (Lipinski definition) is 1. The molecule has 1 fully saturated rings. The van der Waals surface area contributed by atoms with E-state index >= 15 is 0 Å². The highest BCUT2D eigenvalue weighted by Crippen LogP contribution is 2.28. The number of carbonyl (C=O) groups excluding carboxylic acids is 1. The summed E-state index contributed by atoms with van der Waals surface area (Å²) >= 11 is 6.02. The van der Waals surface area contributed by atoms with Gasteiger partial charge in [0, 0.05) is 41.8 Å². The normalized spacial score (nSPS) is 17.9. The van der Waals surface area contributed by atoms with Gasteiger partial charge in [-0.05, 0) is 54.7 Å². The van der Waals surface area contributed by atoms with Gasteiger partial charge in [-0.25, -0.2) is 0 Å². The van der Waals surface area contributed by atoms with E-state index in [0.717, 1.165) is 30.8 Å². The molecule has 178 valence electrons. The summed E-state index contributed by atoms with van der Waals surface area (Å²) in [7, 11) is 3.19. The number of nitrogens with zero attached hydrogens (tertiary/aromatic N) is 1. The Morgan fingerprint density at radius 1 is 0.971 bits per heavy atom. The number of methoxy groups -OCH3 is 2. The zero-order valence-corrected chi connectivity index (χ0v) is 20.4. The molecule has 0 spiro atoms. The van der Waals surface area contributed by atoms with Gasteiger partial charge in [-0.15, -0.1) is 0 Å². The van der Waals surface area contributed by atoms with Crippen LogP contribution in [-0.4, -0.2) is 43.7 Å². The van der Waals surface area contributed by atoms with Crippen molar-refractivity contribution in [3.05, 3.63) is 94.5 Å². The van der Waals surface area contributed by atoms with Crippen molar-refractivity contribution < 1.29 is 14.3 Å². The predicted octanol–water partition coefficient (Wildman–Crippen LogP) is 5.36. The van der Waals surface area contributed by atoms with Crippen molar-refractivity contribution in [1.29, 1.82) is 0 Å². The van der Waals surface area contributed by atoms with Gasteiger partial charge >= 0.3 is 0 Å². The summed E-state index contributed by atoms with van der Waals surface area (Å²) in [6, 6.07) is 24.1. The molecule has 2 atom stereocenters. The van der Waals surface area contributed by atoms with Gasteiger partial charge in [-0.1, -0.05) is 54.1 Å². The maximum Gasteiger partial charge on any atom is 0.254 e. The van der Waals surface area contributed by atoms with E-state index in [2.05, 4.69) is 17.4 Å². The highest BCUT2D eigenvalue weighted by molar-refractivity contribution is 6.30. The van der Waals surface area contributed by atoms with Crippen LogP contribution >= 0.6 is 11.6 Å². The Morgan fingerprint density at radius 2 is 1.65 bits per heavy atom. The lowest BCUT2D eigenvalue weighted by Gasteiger charge is -2.40. The molecule has 6 heteroatoms. The Morgan fingerprint density at radius 3 is 2.29 bits per heavy atom. The molecular weight excluding hydrogens is 448 g/mol. The molecule has 0 aromatic heterocycles. The summed E-state index contributed by atoms with van der Waals surface area (Å²) in [4.78, 5) is 15.7. The molecule has 1 amide bonds. The molecule has 0 unspecified atom stereocenters. The average molecular weight is 479 g/mol. The van der Waals surface area contributed by atoms with Gasteiger partial charge in [0.1, 0.15) is 11.5 Å². The van der Waals surface area contributed by atoms with Crippen molar-refractivity contribution in [2.24, 2.45) is 0 Å². The lowest BCUT2D eigenvalue weighted by Crippen LogP contribution is -2.51. The van der Waals surface area contributed by atoms with Crippen LogP contribution in [0.15, 0.2) is 72.8 Å². The van der Waals surface area contributed by atoms with Crippen LogP contribution in [0.25, 0.3) is 0 Å². The average Bonchev–Trinajstić information content (AvgIpc) is 2.88. The minimum absolute atomic E-state index is 0.00859. The van der Waals surface area contributed by atoms with Gasteiger partial charge in [0.15, 0.2) is 0 Å². The Kier molecular flexibility index (Phi) is 8.09. The lowest BCUT2D eigenvalue weighted by atomic mass is 9.91. The van der Waals surface area contributed by atoms with Gasteiger partial charge in [0.25, 0.3) is 5.91 Å². The number of benzene rings is 3. The number of piperidine rings is 1. The molecule has 1 heterocycles. The smallest absolute Gasteiger partial charge is 0.254 e. The standard InChI is InChI=1S/C28H31ClN2O3/c1-33-26-15-22(16-27(18-26)34-2)28(32)31-13-12-24(30-19-21-8-10-23(29)11-9-21)17-25(31)14-20-6-4-3-5-7-20/h3-11,15-16,18,24-25,30H,12-14,17,19H2,1-2H3/t24-,25-/m0/s1. The van der Waals surface area contributed by atoms with Gasteiger partial charge in [0.05, 0.1) is 14.2 Å². The van der Waals surface area contributed by atoms with E-state index < -0.39 is 0 Å². The first-order valence-corrected chi connectivity index (χ1v) is 12.0. The van der Waals surface area contributed by atoms with E-state index in [1.807, 2.05) is 47.4 Å². The Hall–Kier alpha value is -3.02. The molecule has 0 radical (unpaired) electrons. The quantitative estimate of drug-likeness (QED) is 0.473. The maximum atomic E-state index is 13.6. The zero-order chi connectivity index (χ0) is 23.9. The second-order valence-electron chi connectivity index (χ2n) is 8.67. The van der Waals surface area contributed by atoms with E-state index in [-0.39, 0.29) is 11.9 Å².